The van der Waals surface area contributed by atoms with Crippen LogP contribution >= 0.6 is 0 Å². The van der Waals surface area contributed by atoms with E-state index in [0.29, 0.717) is 18.3 Å². The van der Waals surface area contributed by atoms with Crippen LogP contribution in [0.4, 0.5) is 4.39 Å². The molecular weight excluding hydrogens is 229 g/mol. The van der Waals surface area contributed by atoms with E-state index in [4.69, 9.17) is 0 Å². The van der Waals surface area contributed by atoms with Crippen molar-refractivity contribution in [3.8, 4) is 5.69 Å². The third kappa shape index (κ3) is 2.76. The van der Waals surface area contributed by atoms with E-state index in [1.54, 1.807) is 16.9 Å². The molecule has 2 rings (SSSR count). The Kier molecular flexibility index (Phi) is 3.77. The summed E-state index contributed by atoms with van der Waals surface area (Å²) in [7, 11) is 0. The van der Waals surface area contributed by atoms with Gasteiger partial charge in [0.1, 0.15) is 11.5 Å². The predicted octanol–water partition coefficient (Wildman–Crippen LogP) is 2.82. The van der Waals surface area contributed by atoms with Crippen molar-refractivity contribution in [2.75, 3.05) is 0 Å². The van der Waals surface area contributed by atoms with Gasteiger partial charge in [0.2, 0.25) is 0 Å². The van der Waals surface area contributed by atoms with Crippen LogP contribution in [0.5, 0.6) is 0 Å². The van der Waals surface area contributed by atoms with Crippen molar-refractivity contribution in [3.63, 3.8) is 0 Å². The van der Waals surface area contributed by atoms with Crippen molar-refractivity contribution in [3.05, 3.63) is 47.5 Å². The van der Waals surface area contributed by atoms with Crippen LogP contribution in [0.1, 0.15) is 25.1 Å². The van der Waals surface area contributed by atoms with Gasteiger partial charge >= 0.3 is 0 Å². The fraction of sp³-hybridized carbons (Fsp3) is 0.357. The van der Waals surface area contributed by atoms with Gasteiger partial charge in [-0.05, 0) is 24.6 Å². The number of nitrogens with zero attached hydrogens (tertiary/aromatic N) is 2. The molecule has 0 spiro atoms. The molecule has 0 amide bonds. The number of aromatic nitrogens is 2. The molecule has 96 valence electrons. The highest BCUT2D eigenvalue weighted by Gasteiger charge is 2.09. The average molecular weight is 247 g/mol. The lowest BCUT2D eigenvalue weighted by Gasteiger charge is -2.07. The lowest BCUT2D eigenvalue weighted by atomic mass is 10.2. The summed E-state index contributed by atoms with van der Waals surface area (Å²) >= 11 is 0. The summed E-state index contributed by atoms with van der Waals surface area (Å²) in [6.45, 7) is 6.74. The molecule has 0 fully saturated rings. The van der Waals surface area contributed by atoms with Crippen LogP contribution in [0.2, 0.25) is 0 Å². The highest BCUT2D eigenvalue weighted by Crippen LogP contribution is 2.17. The number of rotatable bonds is 4. The number of hydrogen-bond acceptors (Lipinski definition) is 2. The quantitative estimate of drug-likeness (QED) is 0.900. The molecule has 0 atom stereocenters. The molecule has 4 heteroatoms. The Balaban J connectivity index is 2.24. The summed E-state index contributed by atoms with van der Waals surface area (Å²) in [5, 5.41) is 7.67. The van der Waals surface area contributed by atoms with Gasteiger partial charge in [0, 0.05) is 18.8 Å². The number of halogens is 1. The van der Waals surface area contributed by atoms with Gasteiger partial charge in [-0.25, -0.2) is 9.07 Å². The van der Waals surface area contributed by atoms with E-state index < -0.39 is 0 Å². The monoisotopic (exact) mass is 247 g/mol. The molecule has 0 aliphatic rings. The SMILES string of the molecule is Cc1cccc(F)c1-n1ccc(CNC(C)C)n1. The highest BCUT2D eigenvalue weighted by atomic mass is 19.1. The highest BCUT2D eigenvalue weighted by molar-refractivity contribution is 5.40. The van der Waals surface area contributed by atoms with Gasteiger partial charge in [-0.1, -0.05) is 26.0 Å². The van der Waals surface area contributed by atoms with Crippen molar-refractivity contribution in [2.45, 2.75) is 33.4 Å². The maximum Gasteiger partial charge on any atom is 0.149 e. The van der Waals surface area contributed by atoms with Crippen LogP contribution in [-0.4, -0.2) is 15.8 Å². The van der Waals surface area contributed by atoms with Gasteiger partial charge in [0.05, 0.1) is 5.69 Å². The summed E-state index contributed by atoms with van der Waals surface area (Å²) in [5.74, 6) is -0.249. The molecule has 0 saturated carbocycles. The first-order valence-corrected chi connectivity index (χ1v) is 6.11. The molecule has 0 radical (unpaired) electrons. The Bertz CT molecular complexity index is 511. The molecule has 0 unspecified atom stereocenters. The van der Waals surface area contributed by atoms with Crippen LogP contribution in [-0.2, 0) is 6.54 Å². The lowest BCUT2D eigenvalue weighted by Crippen LogP contribution is -2.22. The molecule has 1 aromatic heterocycles. The van der Waals surface area contributed by atoms with Crippen LogP contribution in [0.25, 0.3) is 5.69 Å². The Labute approximate surface area is 107 Å². The van der Waals surface area contributed by atoms with E-state index in [0.717, 1.165) is 11.3 Å². The minimum absolute atomic E-state index is 0.249. The molecular formula is C14H18FN3. The van der Waals surface area contributed by atoms with Crippen LogP contribution in [0.3, 0.4) is 0 Å². The Morgan fingerprint density at radius 2 is 2.11 bits per heavy atom. The molecule has 0 saturated heterocycles. The van der Waals surface area contributed by atoms with Gasteiger partial charge < -0.3 is 5.32 Å². The summed E-state index contributed by atoms with van der Waals surface area (Å²) in [5.41, 5.74) is 2.31. The lowest BCUT2D eigenvalue weighted by molar-refractivity contribution is 0.574. The van der Waals surface area contributed by atoms with Gasteiger partial charge in [0.15, 0.2) is 0 Å². The molecule has 3 nitrogen and oxygen atoms in total. The van der Waals surface area contributed by atoms with Crippen molar-refractivity contribution in [1.82, 2.24) is 15.1 Å². The Hall–Kier alpha value is -1.68. The number of hydrogen-bond donors (Lipinski definition) is 1. The van der Waals surface area contributed by atoms with Crippen LogP contribution in [0, 0.1) is 12.7 Å². The Morgan fingerprint density at radius 3 is 2.78 bits per heavy atom. The maximum atomic E-state index is 13.8. The van der Waals surface area contributed by atoms with Gasteiger partial charge in [0.25, 0.3) is 0 Å². The Morgan fingerprint density at radius 1 is 1.33 bits per heavy atom. The fourth-order valence-corrected chi connectivity index (χ4v) is 1.80. The first kappa shape index (κ1) is 12.8. The minimum atomic E-state index is -0.249. The summed E-state index contributed by atoms with van der Waals surface area (Å²) in [4.78, 5) is 0. The number of benzene rings is 1. The van der Waals surface area contributed by atoms with E-state index in [9.17, 15) is 4.39 Å². The van der Waals surface area contributed by atoms with Gasteiger partial charge in [-0.15, -0.1) is 0 Å². The number of aryl methyl sites for hydroxylation is 1. The zero-order chi connectivity index (χ0) is 13.1. The van der Waals surface area contributed by atoms with E-state index in [1.165, 1.54) is 6.07 Å². The maximum absolute atomic E-state index is 13.8. The third-order valence-electron chi connectivity index (χ3n) is 2.75. The normalized spacial score (nSPS) is 11.2. The van der Waals surface area contributed by atoms with E-state index >= 15 is 0 Å². The molecule has 0 aliphatic heterocycles. The molecule has 18 heavy (non-hydrogen) atoms. The summed E-state index contributed by atoms with van der Waals surface area (Å²) < 4.78 is 15.4. The molecule has 0 aliphatic carbocycles. The molecule has 1 N–H and O–H groups in total. The van der Waals surface area contributed by atoms with Crippen LogP contribution in [0.15, 0.2) is 30.5 Å². The minimum Gasteiger partial charge on any atom is -0.309 e. The summed E-state index contributed by atoms with van der Waals surface area (Å²) in [6.07, 6.45) is 1.79. The first-order chi connectivity index (χ1) is 8.58. The van der Waals surface area contributed by atoms with Crippen molar-refractivity contribution >= 4 is 0 Å². The van der Waals surface area contributed by atoms with Gasteiger partial charge in [-0.3, -0.25) is 0 Å². The number of para-hydroxylation sites is 1. The zero-order valence-electron chi connectivity index (χ0n) is 10.9. The second kappa shape index (κ2) is 5.31. The number of nitrogens with one attached hydrogen (secondary N) is 1. The molecule has 1 heterocycles. The topological polar surface area (TPSA) is 29.9 Å². The van der Waals surface area contributed by atoms with E-state index in [-0.39, 0.29) is 5.82 Å². The van der Waals surface area contributed by atoms with Crippen molar-refractivity contribution in [2.24, 2.45) is 0 Å². The molecule has 2 aromatic rings. The van der Waals surface area contributed by atoms with Gasteiger partial charge in [-0.2, -0.15) is 5.10 Å². The molecule has 1 aromatic carbocycles. The predicted molar refractivity (Wildman–Crippen MR) is 70.2 cm³/mol. The van der Waals surface area contributed by atoms with Crippen molar-refractivity contribution < 1.29 is 4.39 Å². The van der Waals surface area contributed by atoms with E-state index in [2.05, 4.69) is 24.3 Å². The molecule has 0 bridgehead atoms. The average Bonchev–Trinajstić information content (AvgIpc) is 2.75. The second-order valence-electron chi connectivity index (χ2n) is 4.69. The standard InChI is InChI=1S/C14H18FN3/c1-10(2)16-9-12-7-8-18(17-12)14-11(3)5-4-6-13(14)15/h4-8,10,16H,9H2,1-3H3. The second-order valence-corrected chi connectivity index (χ2v) is 4.69. The zero-order valence-corrected chi connectivity index (χ0v) is 10.9. The first-order valence-electron chi connectivity index (χ1n) is 6.11. The van der Waals surface area contributed by atoms with Crippen molar-refractivity contribution in [1.29, 1.82) is 0 Å². The fourth-order valence-electron chi connectivity index (χ4n) is 1.80. The van der Waals surface area contributed by atoms with E-state index in [1.807, 2.05) is 19.1 Å². The van der Waals surface area contributed by atoms with Crippen LogP contribution < -0.4 is 5.32 Å². The smallest absolute Gasteiger partial charge is 0.149 e. The largest absolute Gasteiger partial charge is 0.309 e. The summed E-state index contributed by atoms with van der Waals surface area (Å²) in [6, 6.07) is 7.35. The third-order valence-corrected chi connectivity index (χ3v) is 2.75.